The van der Waals surface area contributed by atoms with Crippen molar-refractivity contribution in [2.24, 2.45) is 7.05 Å². The van der Waals surface area contributed by atoms with Crippen molar-refractivity contribution in [3.63, 3.8) is 0 Å². The Bertz CT molecular complexity index is 682. The predicted octanol–water partition coefficient (Wildman–Crippen LogP) is 3.22. The molecule has 104 valence electrons. The van der Waals surface area contributed by atoms with E-state index in [1.807, 2.05) is 13.0 Å². The van der Waals surface area contributed by atoms with Crippen LogP contribution in [0.2, 0.25) is 0 Å². The Balaban J connectivity index is 2.30. The number of rotatable bonds is 3. The Hall–Kier alpha value is -2.35. The van der Waals surface area contributed by atoms with Crippen LogP contribution in [-0.2, 0) is 7.05 Å². The number of nitrogens with one attached hydrogen (secondary N) is 1. The molecule has 1 aromatic carbocycles. The maximum atomic E-state index is 13.6. The average Bonchev–Trinajstić information content (AvgIpc) is 2.67. The third kappa shape index (κ3) is 2.50. The van der Waals surface area contributed by atoms with Crippen molar-refractivity contribution >= 4 is 5.82 Å². The van der Waals surface area contributed by atoms with Crippen LogP contribution >= 0.6 is 0 Å². The van der Waals surface area contributed by atoms with E-state index in [0.29, 0.717) is 22.6 Å². The molecule has 1 atom stereocenters. The first kappa shape index (κ1) is 14.1. The zero-order valence-electron chi connectivity index (χ0n) is 12.0. The van der Waals surface area contributed by atoms with Gasteiger partial charge >= 0.3 is 0 Å². The van der Waals surface area contributed by atoms with Crippen molar-refractivity contribution in [2.45, 2.75) is 26.8 Å². The van der Waals surface area contributed by atoms with Crippen LogP contribution in [0.25, 0.3) is 0 Å². The minimum absolute atomic E-state index is 0.119. The van der Waals surface area contributed by atoms with Crippen molar-refractivity contribution in [3.05, 3.63) is 46.4 Å². The smallest absolute Gasteiger partial charge is 0.142 e. The van der Waals surface area contributed by atoms with Gasteiger partial charge in [-0.3, -0.25) is 4.68 Å². The molecule has 1 heterocycles. The van der Waals surface area contributed by atoms with Gasteiger partial charge in [-0.25, -0.2) is 4.39 Å². The van der Waals surface area contributed by atoms with Gasteiger partial charge in [-0.2, -0.15) is 10.4 Å². The molecule has 0 bridgehead atoms. The zero-order chi connectivity index (χ0) is 14.9. The number of nitriles is 1. The predicted molar refractivity (Wildman–Crippen MR) is 75.8 cm³/mol. The molecule has 0 aliphatic heterocycles. The maximum Gasteiger partial charge on any atom is 0.142 e. The van der Waals surface area contributed by atoms with Crippen LogP contribution in [0.3, 0.4) is 0 Å². The highest BCUT2D eigenvalue weighted by atomic mass is 19.1. The van der Waals surface area contributed by atoms with Crippen molar-refractivity contribution in [2.75, 3.05) is 5.32 Å². The average molecular weight is 272 g/mol. The van der Waals surface area contributed by atoms with Crippen LogP contribution in [0, 0.1) is 31.0 Å². The molecule has 1 unspecified atom stereocenters. The fraction of sp³-hybridized carbons (Fsp3) is 0.333. The third-order valence-electron chi connectivity index (χ3n) is 3.38. The molecular formula is C15H17FN4. The number of aryl methyl sites for hydroxylation is 3. The van der Waals surface area contributed by atoms with Crippen LogP contribution in [0.5, 0.6) is 0 Å². The second kappa shape index (κ2) is 5.33. The van der Waals surface area contributed by atoms with E-state index in [2.05, 4.69) is 16.5 Å². The molecule has 0 aliphatic rings. The molecule has 2 aromatic rings. The zero-order valence-corrected chi connectivity index (χ0v) is 12.0. The van der Waals surface area contributed by atoms with E-state index >= 15 is 0 Å². The molecule has 0 saturated heterocycles. The highest BCUT2D eigenvalue weighted by Crippen LogP contribution is 2.24. The van der Waals surface area contributed by atoms with Crippen molar-refractivity contribution in [3.8, 4) is 6.07 Å². The summed E-state index contributed by atoms with van der Waals surface area (Å²) in [7, 11) is 1.78. The topological polar surface area (TPSA) is 53.6 Å². The molecule has 4 nitrogen and oxygen atoms in total. The summed E-state index contributed by atoms with van der Waals surface area (Å²) in [6, 6.07) is 7.17. The van der Waals surface area contributed by atoms with Crippen LogP contribution in [0.4, 0.5) is 10.2 Å². The third-order valence-corrected chi connectivity index (χ3v) is 3.38. The molecule has 1 N–H and O–H groups in total. The normalized spacial score (nSPS) is 12.0. The van der Waals surface area contributed by atoms with Crippen LogP contribution < -0.4 is 5.32 Å². The van der Waals surface area contributed by atoms with E-state index in [1.165, 1.54) is 6.07 Å². The Morgan fingerprint density at radius 3 is 2.70 bits per heavy atom. The van der Waals surface area contributed by atoms with Gasteiger partial charge in [0, 0.05) is 7.05 Å². The highest BCUT2D eigenvalue weighted by Gasteiger charge is 2.16. The maximum absolute atomic E-state index is 13.6. The number of hydrogen-bond donors (Lipinski definition) is 1. The van der Waals surface area contributed by atoms with Crippen molar-refractivity contribution in [1.82, 2.24) is 9.78 Å². The Labute approximate surface area is 117 Å². The molecule has 0 aliphatic carbocycles. The van der Waals surface area contributed by atoms with E-state index in [-0.39, 0.29) is 11.9 Å². The number of anilines is 1. The Morgan fingerprint density at radius 2 is 2.10 bits per heavy atom. The molecule has 0 fully saturated rings. The lowest BCUT2D eigenvalue weighted by Gasteiger charge is -2.16. The first-order valence-electron chi connectivity index (χ1n) is 6.40. The summed E-state index contributed by atoms with van der Waals surface area (Å²) < 4.78 is 15.2. The molecule has 0 radical (unpaired) electrons. The van der Waals surface area contributed by atoms with Gasteiger partial charge in [-0.05, 0) is 38.0 Å². The molecule has 20 heavy (non-hydrogen) atoms. The SMILES string of the molecule is Cc1ccc(C(C)Nc2c(C#N)c(C)nn2C)cc1F. The first-order valence-corrected chi connectivity index (χ1v) is 6.40. The van der Waals surface area contributed by atoms with Gasteiger partial charge in [-0.1, -0.05) is 12.1 Å². The molecular weight excluding hydrogens is 255 g/mol. The number of halogens is 1. The van der Waals surface area contributed by atoms with E-state index in [0.717, 1.165) is 5.56 Å². The van der Waals surface area contributed by atoms with E-state index in [4.69, 9.17) is 0 Å². The van der Waals surface area contributed by atoms with Crippen LogP contribution in [0.15, 0.2) is 18.2 Å². The summed E-state index contributed by atoms with van der Waals surface area (Å²) >= 11 is 0. The summed E-state index contributed by atoms with van der Waals surface area (Å²) in [6.07, 6.45) is 0. The van der Waals surface area contributed by atoms with Gasteiger partial charge in [0.1, 0.15) is 23.3 Å². The lowest BCUT2D eigenvalue weighted by Crippen LogP contribution is -2.11. The summed E-state index contributed by atoms with van der Waals surface area (Å²) in [5.41, 5.74) is 2.65. The quantitative estimate of drug-likeness (QED) is 0.933. The fourth-order valence-corrected chi connectivity index (χ4v) is 2.12. The number of aromatic nitrogens is 2. The second-order valence-electron chi connectivity index (χ2n) is 4.92. The molecule has 0 amide bonds. The largest absolute Gasteiger partial charge is 0.363 e. The van der Waals surface area contributed by atoms with Gasteiger partial charge in [0.25, 0.3) is 0 Å². The van der Waals surface area contributed by atoms with Gasteiger partial charge in [0.05, 0.1) is 11.7 Å². The first-order chi connectivity index (χ1) is 9.43. The number of nitrogens with zero attached hydrogens (tertiary/aromatic N) is 3. The number of benzene rings is 1. The molecule has 5 heteroatoms. The monoisotopic (exact) mass is 272 g/mol. The van der Waals surface area contributed by atoms with Gasteiger partial charge in [0.2, 0.25) is 0 Å². The van der Waals surface area contributed by atoms with Gasteiger partial charge in [0.15, 0.2) is 0 Å². The minimum atomic E-state index is -0.224. The fourth-order valence-electron chi connectivity index (χ4n) is 2.12. The lowest BCUT2D eigenvalue weighted by atomic mass is 10.1. The summed E-state index contributed by atoms with van der Waals surface area (Å²) in [4.78, 5) is 0. The second-order valence-corrected chi connectivity index (χ2v) is 4.92. The number of hydrogen-bond acceptors (Lipinski definition) is 3. The summed E-state index contributed by atoms with van der Waals surface area (Å²) in [6.45, 7) is 5.45. The van der Waals surface area contributed by atoms with E-state index in [9.17, 15) is 9.65 Å². The van der Waals surface area contributed by atoms with Crippen molar-refractivity contribution in [1.29, 1.82) is 5.26 Å². The molecule has 0 spiro atoms. The van der Waals surface area contributed by atoms with E-state index < -0.39 is 0 Å². The van der Waals surface area contributed by atoms with Crippen molar-refractivity contribution < 1.29 is 4.39 Å². The Morgan fingerprint density at radius 1 is 1.40 bits per heavy atom. The summed E-state index contributed by atoms with van der Waals surface area (Å²) in [5.74, 6) is 0.427. The van der Waals surface area contributed by atoms with E-state index in [1.54, 1.807) is 31.6 Å². The standard InChI is InChI=1S/C15H17FN4/c1-9-5-6-12(7-14(9)16)10(2)18-15-13(8-17)11(3)19-20(15)4/h5-7,10,18H,1-4H3. The minimum Gasteiger partial charge on any atom is -0.363 e. The molecule has 1 aromatic heterocycles. The van der Waals surface area contributed by atoms with Crippen LogP contribution in [-0.4, -0.2) is 9.78 Å². The summed E-state index contributed by atoms with van der Waals surface area (Å²) in [5, 5.41) is 16.6. The van der Waals surface area contributed by atoms with Crippen LogP contribution in [0.1, 0.15) is 35.3 Å². The van der Waals surface area contributed by atoms with Gasteiger partial charge in [-0.15, -0.1) is 0 Å². The Kier molecular flexibility index (Phi) is 3.75. The lowest BCUT2D eigenvalue weighted by molar-refractivity contribution is 0.614. The van der Waals surface area contributed by atoms with Gasteiger partial charge < -0.3 is 5.32 Å². The molecule has 0 saturated carbocycles. The molecule has 2 rings (SSSR count). The highest BCUT2D eigenvalue weighted by molar-refractivity contribution is 5.56.